The van der Waals surface area contributed by atoms with Gasteiger partial charge in [-0.2, -0.15) is 0 Å². The molecule has 0 aliphatic rings. The quantitative estimate of drug-likeness (QED) is 0.639. The van der Waals surface area contributed by atoms with E-state index in [1.807, 2.05) is 36.4 Å². The van der Waals surface area contributed by atoms with E-state index in [1.54, 1.807) is 6.07 Å². The van der Waals surface area contributed by atoms with Gasteiger partial charge in [0, 0.05) is 23.1 Å². The molecule has 0 radical (unpaired) electrons. The number of nitrogens with one attached hydrogen (secondary N) is 1. The van der Waals surface area contributed by atoms with E-state index in [0.717, 1.165) is 22.2 Å². The fourth-order valence-electron chi connectivity index (χ4n) is 2.41. The molecule has 0 unspecified atom stereocenters. The average Bonchev–Trinajstić information content (AvgIpc) is 2.68. The number of anilines is 2. The monoisotopic (exact) mass is 347 g/mol. The first-order valence-electron chi connectivity index (χ1n) is 8.03. The van der Waals surface area contributed by atoms with Crippen molar-refractivity contribution in [2.24, 2.45) is 0 Å². The second kappa shape index (κ2) is 8.10. The summed E-state index contributed by atoms with van der Waals surface area (Å²) >= 11 is 0. The molecule has 0 spiro atoms. The number of aliphatic hydroxyl groups excluding tert-OH is 1. The Morgan fingerprint density at radius 2 is 2.12 bits per heavy atom. The molecule has 6 heteroatoms. The fraction of sp³-hybridized carbons (Fsp3) is 0.150. The molecule has 3 aromatic rings. The topological polar surface area (TPSA) is 84.3 Å². The zero-order chi connectivity index (χ0) is 18.4. The maximum Gasteiger partial charge on any atom is 0.161 e. The molecule has 2 aromatic carbocycles. The first-order valence-corrected chi connectivity index (χ1v) is 8.03. The second-order valence-electron chi connectivity index (χ2n) is 5.55. The number of benzene rings is 2. The predicted octanol–water partition coefficient (Wildman–Crippen LogP) is 2.69. The molecule has 0 fully saturated rings. The number of fused-ring (bicyclic) bond motifs is 1. The van der Waals surface area contributed by atoms with Crippen LogP contribution in [0, 0.1) is 12.3 Å². The third kappa shape index (κ3) is 4.15. The van der Waals surface area contributed by atoms with Crippen molar-refractivity contribution in [3.8, 4) is 18.1 Å². The molecule has 3 rings (SSSR count). The van der Waals surface area contributed by atoms with Crippen LogP contribution in [0.5, 0.6) is 5.75 Å². The lowest BCUT2D eigenvalue weighted by Crippen LogP contribution is -2.09. The first-order chi connectivity index (χ1) is 12.7. The number of hydrogen-bond donors (Lipinski definition) is 2. The number of ether oxygens (including phenoxy) is 1. The molecule has 1 aromatic heterocycles. The van der Waals surface area contributed by atoms with Gasteiger partial charge in [0.2, 0.25) is 0 Å². The molecule has 0 saturated carbocycles. The summed E-state index contributed by atoms with van der Waals surface area (Å²) in [6.45, 7) is -0.273. The highest BCUT2D eigenvalue weighted by Crippen LogP contribution is 2.27. The minimum atomic E-state index is -0.473. The van der Waals surface area contributed by atoms with Gasteiger partial charge >= 0.3 is 0 Å². The average molecular weight is 347 g/mol. The molecule has 1 heterocycles. The number of aromatic nitrogens is 2. The van der Waals surface area contributed by atoms with Crippen LogP contribution in [0.2, 0.25) is 0 Å². The number of Topliss-reactive ketones (excluding diaryl/α,β-unsaturated/α-hetero) is 1. The molecule has 6 nitrogen and oxygen atoms in total. The zero-order valence-electron chi connectivity index (χ0n) is 14.0. The van der Waals surface area contributed by atoms with Crippen LogP contribution in [-0.4, -0.2) is 34.1 Å². The highest BCUT2D eigenvalue weighted by molar-refractivity contribution is 5.91. The van der Waals surface area contributed by atoms with Crippen molar-refractivity contribution < 1.29 is 14.6 Å². The Labute approximate surface area is 150 Å². The van der Waals surface area contributed by atoms with Crippen LogP contribution in [0.3, 0.4) is 0 Å². The lowest BCUT2D eigenvalue weighted by atomic mass is 10.2. The number of hydrogen-bond acceptors (Lipinski definition) is 6. The molecule has 0 aliphatic carbocycles. The van der Waals surface area contributed by atoms with Gasteiger partial charge in [0.05, 0.1) is 12.1 Å². The molecule has 0 atom stereocenters. The Balaban J connectivity index is 1.84. The van der Waals surface area contributed by atoms with Gasteiger partial charge in [0.1, 0.15) is 24.5 Å². The molecule has 0 saturated heterocycles. The molecule has 0 aliphatic heterocycles. The van der Waals surface area contributed by atoms with Gasteiger partial charge < -0.3 is 15.2 Å². The van der Waals surface area contributed by atoms with Crippen molar-refractivity contribution in [2.75, 3.05) is 18.5 Å². The van der Waals surface area contributed by atoms with Crippen molar-refractivity contribution in [2.45, 2.75) is 6.42 Å². The lowest BCUT2D eigenvalue weighted by Gasteiger charge is -2.11. The van der Waals surface area contributed by atoms with Crippen LogP contribution >= 0.6 is 0 Å². The Kier molecular flexibility index (Phi) is 5.42. The number of carbonyl (C=O) groups excluding carboxylic acids is 1. The summed E-state index contributed by atoms with van der Waals surface area (Å²) in [5, 5.41) is 12.8. The van der Waals surface area contributed by atoms with Crippen molar-refractivity contribution in [3.63, 3.8) is 0 Å². The SMILES string of the molecule is C#Cc1cccc(Nc2ncnc3ccc(OCCC(=O)CO)cc23)c1. The maximum absolute atomic E-state index is 11.1. The van der Waals surface area contributed by atoms with Crippen LogP contribution in [0.15, 0.2) is 48.8 Å². The predicted molar refractivity (Wildman–Crippen MR) is 99.4 cm³/mol. The van der Waals surface area contributed by atoms with E-state index in [9.17, 15) is 4.79 Å². The molecular weight excluding hydrogens is 330 g/mol. The second-order valence-corrected chi connectivity index (χ2v) is 5.55. The molecular formula is C20H17N3O3. The molecule has 26 heavy (non-hydrogen) atoms. The van der Waals surface area contributed by atoms with Gasteiger partial charge in [-0.1, -0.05) is 12.0 Å². The van der Waals surface area contributed by atoms with Crippen LogP contribution in [-0.2, 0) is 4.79 Å². The molecule has 0 bridgehead atoms. The van der Waals surface area contributed by atoms with E-state index in [2.05, 4.69) is 21.2 Å². The summed E-state index contributed by atoms with van der Waals surface area (Å²) in [6, 6.07) is 12.9. The third-order valence-corrected chi connectivity index (χ3v) is 3.72. The van der Waals surface area contributed by atoms with E-state index in [4.69, 9.17) is 16.3 Å². The fourth-order valence-corrected chi connectivity index (χ4v) is 2.41. The van der Waals surface area contributed by atoms with Crippen molar-refractivity contribution in [3.05, 3.63) is 54.4 Å². The van der Waals surface area contributed by atoms with Gasteiger partial charge in [0.15, 0.2) is 5.78 Å². The number of rotatable bonds is 7. The number of carbonyl (C=O) groups is 1. The first kappa shape index (κ1) is 17.4. The van der Waals surface area contributed by atoms with Crippen molar-refractivity contribution >= 4 is 28.2 Å². The van der Waals surface area contributed by atoms with E-state index in [1.165, 1.54) is 6.33 Å². The van der Waals surface area contributed by atoms with Crippen molar-refractivity contribution in [1.82, 2.24) is 9.97 Å². The van der Waals surface area contributed by atoms with E-state index >= 15 is 0 Å². The largest absolute Gasteiger partial charge is 0.493 e. The van der Waals surface area contributed by atoms with Gasteiger partial charge in [-0.05, 0) is 36.4 Å². The lowest BCUT2D eigenvalue weighted by molar-refractivity contribution is -0.122. The van der Waals surface area contributed by atoms with Crippen LogP contribution in [0.1, 0.15) is 12.0 Å². The Bertz CT molecular complexity index is 979. The number of nitrogens with zero attached hydrogens (tertiary/aromatic N) is 2. The Hall–Kier alpha value is -3.43. The zero-order valence-corrected chi connectivity index (χ0v) is 14.0. The van der Waals surface area contributed by atoms with E-state index < -0.39 is 6.61 Å². The maximum atomic E-state index is 11.1. The third-order valence-electron chi connectivity index (χ3n) is 3.72. The minimum Gasteiger partial charge on any atom is -0.493 e. The summed E-state index contributed by atoms with van der Waals surface area (Å²) in [4.78, 5) is 19.7. The van der Waals surface area contributed by atoms with Crippen LogP contribution < -0.4 is 10.1 Å². The van der Waals surface area contributed by atoms with E-state index in [-0.39, 0.29) is 18.8 Å². The Morgan fingerprint density at radius 1 is 1.23 bits per heavy atom. The van der Waals surface area contributed by atoms with Gasteiger partial charge in [-0.25, -0.2) is 9.97 Å². The number of aliphatic hydroxyl groups is 1. The normalized spacial score (nSPS) is 10.3. The summed E-state index contributed by atoms with van der Waals surface area (Å²) in [5.41, 5.74) is 2.35. The summed E-state index contributed by atoms with van der Waals surface area (Å²) in [6.07, 6.45) is 7.08. The van der Waals surface area contributed by atoms with Crippen molar-refractivity contribution in [1.29, 1.82) is 0 Å². The minimum absolute atomic E-state index is 0.157. The molecule has 130 valence electrons. The summed E-state index contributed by atoms with van der Waals surface area (Å²) in [5.74, 6) is 3.56. The van der Waals surface area contributed by atoms with Gasteiger partial charge in [0.25, 0.3) is 0 Å². The number of terminal acetylenes is 1. The van der Waals surface area contributed by atoms with Crippen LogP contribution in [0.4, 0.5) is 11.5 Å². The Morgan fingerprint density at radius 3 is 2.92 bits per heavy atom. The van der Waals surface area contributed by atoms with E-state index in [0.29, 0.717) is 11.6 Å². The number of ketones is 1. The molecule has 2 N–H and O–H groups in total. The van der Waals surface area contributed by atoms with Crippen LogP contribution in [0.25, 0.3) is 10.9 Å². The standard InChI is InChI=1S/C20H17N3O3/c1-2-14-4-3-5-15(10-14)23-20-18-11-17(26-9-8-16(25)12-24)6-7-19(18)21-13-22-20/h1,3-7,10-11,13,24H,8-9,12H2,(H,21,22,23). The van der Waals surface area contributed by atoms with Gasteiger partial charge in [-0.3, -0.25) is 4.79 Å². The summed E-state index contributed by atoms with van der Waals surface area (Å²) in [7, 11) is 0. The highest BCUT2D eigenvalue weighted by atomic mass is 16.5. The van der Waals surface area contributed by atoms with Gasteiger partial charge in [-0.15, -0.1) is 6.42 Å². The highest BCUT2D eigenvalue weighted by Gasteiger charge is 2.07. The summed E-state index contributed by atoms with van der Waals surface area (Å²) < 4.78 is 5.59. The molecule has 0 amide bonds. The smallest absolute Gasteiger partial charge is 0.161 e.